The zero-order chi connectivity index (χ0) is 14.8. The van der Waals surface area contributed by atoms with Gasteiger partial charge in [0, 0.05) is 26.8 Å². The first-order valence-corrected chi connectivity index (χ1v) is 8.04. The molecule has 0 saturated carbocycles. The van der Waals surface area contributed by atoms with Crippen molar-refractivity contribution in [1.82, 2.24) is 9.78 Å². The van der Waals surface area contributed by atoms with Crippen LogP contribution in [0, 0.1) is 0 Å². The summed E-state index contributed by atoms with van der Waals surface area (Å²) in [6, 6.07) is 15.6. The second kappa shape index (κ2) is 6.22. The van der Waals surface area contributed by atoms with Crippen LogP contribution in [-0.2, 0) is 5.88 Å². The molecule has 0 aliphatic rings. The molecule has 0 N–H and O–H groups in total. The van der Waals surface area contributed by atoms with Crippen LogP contribution in [0.1, 0.15) is 5.56 Å². The summed E-state index contributed by atoms with van der Waals surface area (Å²) in [7, 11) is 0. The lowest BCUT2D eigenvalue weighted by molar-refractivity contribution is 0.883. The number of aromatic nitrogens is 2. The normalized spacial score (nSPS) is 10.8. The predicted octanol–water partition coefficient (Wildman–Crippen LogP) is 5.69. The number of hydrogen-bond acceptors (Lipinski definition) is 1. The summed E-state index contributed by atoms with van der Waals surface area (Å²) in [5.41, 5.74) is 3.78. The monoisotopic (exact) mass is 380 g/mol. The van der Waals surface area contributed by atoms with E-state index < -0.39 is 0 Å². The Morgan fingerprint density at radius 3 is 2.52 bits per heavy atom. The summed E-state index contributed by atoms with van der Waals surface area (Å²) in [5.74, 6) is 0.401. The second-order valence-electron chi connectivity index (χ2n) is 4.57. The number of benzene rings is 2. The van der Waals surface area contributed by atoms with Gasteiger partial charge >= 0.3 is 0 Å². The lowest BCUT2D eigenvalue weighted by Crippen LogP contribution is -1.94. The molecule has 1 aromatic heterocycles. The van der Waals surface area contributed by atoms with Gasteiger partial charge in [-0.05, 0) is 36.4 Å². The summed E-state index contributed by atoms with van der Waals surface area (Å²) in [6.45, 7) is 0. The van der Waals surface area contributed by atoms with E-state index in [1.165, 1.54) is 0 Å². The first-order chi connectivity index (χ1) is 10.2. The molecule has 0 radical (unpaired) electrons. The van der Waals surface area contributed by atoms with Crippen molar-refractivity contribution >= 4 is 39.1 Å². The van der Waals surface area contributed by atoms with Crippen LogP contribution in [0.2, 0.25) is 5.02 Å². The number of hydrogen-bond donors (Lipinski definition) is 0. The third-order valence-electron chi connectivity index (χ3n) is 3.12. The Morgan fingerprint density at radius 1 is 1.10 bits per heavy atom. The topological polar surface area (TPSA) is 17.8 Å². The highest BCUT2D eigenvalue weighted by Gasteiger charge is 2.11. The molecule has 106 valence electrons. The van der Waals surface area contributed by atoms with Gasteiger partial charge < -0.3 is 0 Å². The van der Waals surface area contributed by atoms with E-state index in [1.54, 1.807) is 0 Å². The maximum atomic E-state index is 6.06. The van der Waals surface area contributed by atoms with Gasteiger partial charge in [0.1, 0.15) is 0 Å². The van der Waals surface area contributed by atoms with Crippen molar-refractivity contribution in [1.29, 1.82) is 0 Å². The van der Waals surface area contributed by atoms with Crippen molar-refractivity contribution in [2.75, 3.05) is 0 Å². The van der Waals surface area contributed by atoms with Gasteiger partial charge in [-0.25, -0.2) is 4.68 Å². The Bertz CT molecular complexity index is 766. The third kappa shape index (κ3) is 3.15. The zero-order valence-corrected chi connectivity index (χ0v) is 14.0. The molecule has 0 atom stereocenters. The Kier molecular flexibility index (Phi) is 4.34. The molecule has 0 bridgehead atoms. The van der Waals surface area contributed by atoms with Crippen LogP contribution in [-0.4, -0.2) is 9.78 Å². The van der Waals surface area contributed by atoms with Gasteiger partial charge in [-0.3, -0.25) is 0 Å². The van der Waals surface area contributed by atoms with Crippen LogP contribution in [0.4, 0.5) is 0 Å². The SMILES string of the molecule is ClCc1cn(-c2ccc(Br)cc2)nc1-c1cccc(Cl)c1. The van der Waals surface area contributed by atoms with Gasteiger partial charge in [-0.2, -0.15) is 5.10 Å². The molecule has 21 heavy (non-hydrogen) atoms. The van der Waals surface area contributed by atoms with Crippen molar-refractivity contribution in [3.63, 3.8) is 0 Å². The van der Waals surface area contributed by atoms with Gasteiger partial charge in [0.25, 0.3) is 0 Å². The molecular formula is C16H11BrCl2N2. The third-order valence-corrected chi connectivity index (χ3v) is 4.17. The first-order valence-electron chi connectivity index (χ1n) is 6.34. The summed E-state index contributed by atoms with van der Waals surface area (Å²) in [5, 5.41) is 5.34. The molecule has 1 heterocycles. The Hall–Kier alpha value is -1.29. The number of alkyl halides is 1. The fourth-order valence-corrected chi connectivity index (χ4v) is 2.76. The van der Waals surface area contributed by atoms with E-state index in [0.29, 0.717) is 10.9 Å². The van der Waals surface area contributed by atoms with E-state index in [2.05, 4.69) is 21.0 Å². The van der Waals surface area contributed by atoms with E-state index in [1.807, 2.05) is 59.4 Å². The highest BCUT2D eigenvalue weighted by molar-refractivity contribution is 9.10. The Labute approximate surface area is 141 Å². The minimum absolute atomic E-state index is 0.401. The van der Waals surface area contributed by atoms with Crippen LogP contribution >= 0.6 is 39.1 Å². The minimum Gasteiger partial charge on any atom is -0.240 e. The van der Waals surface area contributed by atoms with Crippen LogP contribution in [0.25, 0.3) is 16.9 Å². The van der Waals surface area contributed by atoms with Crippen LogP contribution < -0.4 is 0 Å². The van der Waals surface area contributed by atoms with Gasteiger partial charge in [0.15, 0.2) is 0 Å². The summed E-state index contributed by atoms with van der Waals surface area (Å²) in [4.78, 5) is 0. The highest BCUT2D eigenvalue weighted by atomic mass is 79.9. The van der Waals surface area contributed by atoms with Crippen LogP contribution in [0.5, 0.6) is 0 Å². The van der Waals surface area contributed by atoms with Crippen molar-refractivity contribution < 1.29 is 0 Å². The quantitative estimate of drug-likeness (QED) is 0.532. The van der Waals surface area contributed by atoms with E-state index in [-0.39, 0.29) is 0 Å². The van der Waals surface area contributed by atoms with Gasteiger partial charge in [0.05, 0.1) is 17.3 Å². The highest BCUT2D eigenvalue weighted by Crippen LogP contribution is 2.27. The summed E-state index contributed by atoms with van der Waals surface area (Å²) in [6.07, 6.45) is 1.95. The standard InChI is InChI=1S/C16H11BrCl2N2/c17-13-4-6-15(7-5-13)21-10-12(9-18)16(20-21)11-2-1-3-14(19)8-11/h1-8,10H,9H2. The molecule has 2 aromatic carbocycles. The van der Waals surface area contributed by atoms with Crippen LogP contribution in [0.3, 0.4) is 0 Å². The first kappa shape index (κ1) is 14.6. The second-order valence-corrected chi connectivity index (χ2v) is 6.19. The maximum Gasteiger partial charge on any atom is 0.0972 e. The summed E-state index contributed by atoms with van der Waals surface area (Å²) >= 11 is 15.5. The van der Waals surface area contributed by atoms with Gasteiger partial charge in [0.2, 0.25) is 0 Å². The molecule has 0 aliphatic carbocycles. The number of halogens is 3. The van der Waals surface area contributed by atoms with Gasteiger partial charge in [-0.1, -0.05) is 39.7 Å². The van der Waals surface area contributed by atoms with Crippen LogP contribution in [0.15, 0.2) is 59.2 Å². The lowest BCUT2D eigenvalue weighted by atomic mass is 10.1. The molecular weight excluding hydrogens is 371 g/mol. The van der Waals surface area contributed by atoms with E-state index in [4.69, 9.17) is 23.2 Å². The maximum absolute atomic E-state index is 6.06. The van der Waals surface area contributed by atoms with Gasteiger partial charge in [-0.15, -0.1) is 11.6 Å². The molecule has 3 aromatic rings. The van der Waals surface area contributed by atoms with E-state index in [9.17, 15) is 0 Å². The zero-order valence-electron chi connectivity index (χ0n) is 10.9. The molecule has 0 aliphatic heterocycles. The molecule has 2 nitrogen and oxygen atoms in total. The largest absolute Gasteiger partial charge is 0.240 e. The average molecular weight is 382 g/mol. The molecule has 0 spiro atoms. The number of nitrogens with zero attached hydrogens (tertiary/aromatic N) is 2. The fourth-order valence-electron chi connectivity index (χ4n) is 2.11. The average Bonchev–Trinajstić information content (AvgIpc) is 2.92. The fraction of sp³-hybridized carbons (Fsp3) is 0.0625. The molecule has 0 fully saturated rings. The molecule has 0 unspecified atom stereocenters. The molecule has 0 amide bonds. The Morgan fingerprint density at radius 2 is 1.86 bits per heavy atom. The van der Waals surface area contributed by atoms with Crippen molar-refractivity contribution in [2.45, 2.75) is 5.88 Å². The molecule has 5 heteroatoms. The summed E-state index contributed by atoms with van der Waals surface area (Å²) < 4.78 is 2.87. The number of rotatable bonds is 3. The molecule has 3 rings (SSSR count). The van der Waals surface area contributed by atoms with Crippen molar-refractivity contribution in [2.24, 2.45) is 0 Å². The molecule has 0 saturated heterocycles. The lowest BCUT2D eigenvalue weighted by Gasteiger charge is -2.01. The van der Waals surface area contributed by atoms with Crippen molar-refractivity contribution in [3.05, 3.63) is 69.8 Å². The van der Waals surface area contributed by atoms with E-state index >= 15 is 0 Å². The Balaban J connectivity index is 2.08. The van der Waals surface area contributed by atoms with E-state index in [0.717, 1.165) is 27.0 Å². The predicted molar refractivity (Wildman–Crippen MR) is 91.3 cm³/mol. The minimum atomic E-state index is 0.401. The van der Waals surface area contributed by atoms with Crippen molar-refractivity contribution in [3.8, 4) is 16.9 Å². The smallest absolute Gasteiger partial charge is 0.0972 e.